The van der Waals surface area contributed by atoms with Crippen LogP contribution >= 0.6 is 0 Å². The van der Waals surface area contributed by atoms with Crippen LogP contribution in [0.4, 0.5) is 0 Å². The summed E-state index contributed by atoms with van der Waals surface area (Å²) in [7, 11) is 0. The molecular weight excluding hydrogens is 142 g/mol. The van der Waals surface area contributed by atoms with E-state index < -0.39 is 0 Å². The third-order valence-electron chi connectivity index (χ3n) is 1.93. The quantitative estimate of drug-likeness (QED) is 0.483. The van der Waals surface area contributed by atoms with Gasteiger partial charge in [0, 0.05) is 32.2 Å². The number of nitrogens with one attached hydrogen (secondary N) is 2. The van der Waals surface area contributed by atoms with Crippen LogP contribution in [0.2, 0.25) is 0 Å². The Balaban J connectivity index is 2.18. The van der Waals surface area contributed by atoms with E-state index in [0.29, 0.717) is 12.6 Å². The number of hydrogen-bond donors (Lipinski definition) is 3. The zero-order valence-corrected chi connectivity index (χ0v) is 7.01. The summed E-state index contributed by atoms with van der Waals surface area (Å²) in [5.41, 5.74) is 3.16. The Kier molecular flexibility index (Phi) is 3.79. The Labute approximate surface area is 67.5 Å². The van der Waals surface area contributed by atoms with Gasteiger partial charge in [0.15, 0.2) is 0 Å². The summed E-state index contributed by atoms with van der Waals surface area (Å²) in [5.74, 6) is 0. The van der Waals surface area contributed by atoms with E-state index in [2.05, 4.69) is 22.7 Å². The Hall–Kier alpha value is -0.160. The molecule has 11 heavy (non-hydrogen) atoms. The van der Waals surface area contributed by atoms with Gasteiger partial charge in [0.05, 0.1) is 6.61 Å². The maximum Gasteiger partial charge on any atom is 0.0570 e. The Morgan fingerprint density at radius 1 is 1.73 bits per heavy atom. The Morgan fingerprint density at radius 3 is 3.18 bits per heavy atom. The van der Waals surface area contributed by atoms with Crippen LogP contribution in [0.5, 0.6) is 0 Å². The summed E-state index contributed by atoms with van der Waals surface area (Å²) in [6.45, 7) is 6.10. The summed E-state index contributed by atoms with van der Waals surface area (Å²) in [5, 5.41) is 14.0. The van der Waals surface area contributed by atoms with Crippen molar-refractivity contribution in [2.75, 3.05) is 32.8 Å². The molecule has 1 fully saturated rings. The van der Waals surface area contributed by atoms with Gasteiger partial charge in [-0.05, 0) is 6.92 Å². The molecule has 0 aromatic heterocycles. The van der Waals surface area contributed by atoms with Crippen LogP contribution in [0.25, 0.3) is 0 Å². The molecule has 0 spiro atoms. The molecule has 0 bridgehead atoms. The zero-order valence-electron chi connectivity index (χ0n) is 7.01. The second-order valence-corrected chi connectivity index (χ2v) is 2.88. The van der Waals surface area contributed by atoms with Gasteiger partial charge < -0.3 is 10.4 Å². The molecule has 1 aliphatic rings. The topological polar surface area (TPSA) is 47.5 Å². The summed E-state index contributed by atoms with van der Waals surface area (Å²) < 4.78 is 0. The normalized spacial score (nSPS) is 27.3. The molecule has 4 heteroatoms. The van der Waals surface area contributed by atoms with Gasteiger partial charge in [-0.15, -0.1) is 0 Å². The average molecular weight is 159 g/mol. The lowest BCUT2D eigenvalue weighted by atomic mass is 10.2. The van der Waals surface area contributed by atoms with Gasteiger partial charge in [-0.2, -0.15) is 0 Å². The van der Waals surface area contributed by atoms with E-state index in [1.807, 2.05) is 0 Å². The minimum Gasteiger partial charge on any atom is -0.395 e. The molecule has 1 rings (SSSR count). The maximum atomic E-state index is 8.58. The van der Waals surface area contributed by atoms with Crippen molar-refractivity contribution in [2.45, 2.75) is 13.0 Å². The Morgan fingerprint density at radius 2 is 2.55 bits per heavy atom. The van der Waals surface area contributed by atoms with Crippen LogP contribution in [0.15, 0.2) is 0 Å². The number of nitrogens with zero attached hydrogens (tertiary/aromatic N) is 1. The van der Waals surface area contributed by atoms with E-state index in [1.54, 1.807) is 0 Å². The van der Waals surface area contributed by atoms with Gasteiger partial charge in [-0.1, -0.05) is 0 Å². The van der Waals surface area contributed by atoms with Gasteiger partial charge in [0.25, 0.3) is 0 Å². The van der Waals surface area contributed by atoms with Gasteiger partial charge in [0.2, 0.25) is 0 Å². The number of aliphatic hydroxyl groups is 1. The van der Waals surface area contributed by atoms with E-state index >= 15 is 0 Å². The summed E-state index contributed by atoms with van der Waals surface area (Å²) in [6, 6.07) is 0.523. The molecular formula is C7H17N3O. The highest BCUT2D eigenvalue weighted by Gasteiger charge is 2.16. The molecule has 3 N–H and O–H groups in total. The minimum atomic E-state index is 0.205. The number of piperazine rings is 1. The molecule has 1 saturated heterocycles. The van der Waals surface area contributed by atoms with Crippen LogP contribution in [-0.2, 0) is 0 Å². The maximum absolute atomic E-state index is 8.58. The first-order chi connectivity index (χ1) is 5.34. The van der Waals surface area contributed by atoms with Gasteiger partial charge in [0.1, 0.15) is 0 Å². The van der Waals surface area contributed by atoms with Crippen molar-refractivity contribution in [1.82, 2.24) is 15.8 Å². The average Bonchev–Trinajstić information content (AvgIpc) is 2.03. The fraction of sp³-hybridized carbons (Fsp3) is 1.00. The minimum absolute atomic E-state index is 0.205. The predicted molar refractivity (Wildman–Crippen MR) is 44.1 cm³/mol. The molecule has 0 aliphatic carbocycles. The van der Waals surface area contributed by atoms with Crippen LogP contribution in [-0.4, -0.2) is 48.9 Å². The largest absolute Gasteiger partial charge is 0.395 e. The van der Waals surface area contributed by atoms with E-state index in [4.69, 9.17) is 5.11 Å². The molecule has 1 unspecified atom stereocenters. The van der Waals surface area contributed by atoms with Crippen LogP contribution in [0, 0.1) is 0 Å². The molecule has 0 radical (unpaired) electrons. The summed E-state index contributed by atoms with van der Waals surface area (Å²) in [4.78, 5) is 0. The van der Waals surface area contributed by atoms with Crippen molar-refractivity contribution in [3.05, 3.63) is 0 Å². The van der Waals surface area contributed by atoms with E-state index in [9.17, 15) is 0 Å². The standard InChI is InChI=1S/C7H17N3O/c1-7-6-8-2-4-10(7)9-3-5-11/h7-9,11H,2-6H2,1H3. The number of aliphatic hydroxyl groups excluding tert-OH is 1. The third kappa shape index (κ3) is 2.75. The third-order valence-corrected chi connectivity index (χ3v) is 1.93. The van der Waals surface area contributed by atoms with Gasteiger partial charge in [-0.3, -0.25) is 5.43 Å². The highest BCUT2D eigenvalue weighted by molar-refractivity contribution is 4.72. The number of hydrazine groups is 1. The molecule has 4 nitrogen and oxygen atoms in total. The monoisotopic (exact) mass is 159 g/mol. The molecule has 1 heterocycles. The number of rotatable bonds is 3. The first-order valence-corrected chi connectivity index (χ1v) is 4.16. The first kappa shape index (κ1) is 8.93. The summed E-state index contributed by atoms with van der Waals surface area (Å²) in [6.07, 6.45) is 0. The predicted octanol–water partition coefficient (Wildman–Crippen LogP) is -1.22. The second kappa shape index (κ2) is 4.66. The molecule has 0 aromatic carbocycles. The van der Waals surface area contributed by atoms with Crippen LogP contribution in [0.1, 0.15) is 6.92 Å². The van der Waals surface area contributed by atoms with Crippen molar-refractivity contribution >= 4 is 0 Å². The van der Waals surface area contributed by atoms with E-state index in [0.717, 1.165) is 19.6 Å². The molecule has 0 saturated carbocycles. The van der Waals surface area contributed by atoms with Crippen molar-refractivity contribution in [2.24, 2.45) is 0 Å². The highest BCUT2D eigenvalue weighted by Crippen LogP contribution is 1.96. The first-order valence-electron chi connectivity index (χ1n) is 4.16. The zero-order chi connectivity index (χ0) is 8.10. The van der Waals surface area contributed by atoms with Crippen molar-refractivity contribution in [3.8, 4) is 0 Å². The van der Waals surface area contributed by atoms with Crippen LogP contribution in [0.3, 0.4) is 0 Å². The smallest absolute Gasteiger partial charge is 0.0570 e. The second-order valence-electron chi connectivity index (χ2n) is 2.88. The summed E-state index contributed by atoms with van der Waals surface area (Å²) >= 11 is 0. The fourth-order valence-electron chi connectivity index (χ4n) is 1.27. The fourth-order valence-corrected chi connectivity index (χ4v) is 1.27. The number of hydrogen-bond acceptors (Lipinski definition) is 4. The van der Waals surface area contributed by atoms with Crippen molar-refractivity contribution in [3.63, 3.8) is 0 Å². The highest BCUT2D eigenvalue weighted by atomic mass is 16.3. The Bertz CT molecular complexity index is 110. The van der Waals surface area contributed by atoms with Crippen molar-refractivity contribution in [1.29, 1.82) is 0 Å². The lowest BCUT2D eigenvalue weighted by Crippen LogP contribution is -2.56. The lowest BCUT2D eigenvalue weighted by Gasteiger charge is -2.33. The van der Waals surface area contributed by atoms with E-state index in [1.165, 1.54) is 0 Å². The van der Waals surface area contributed by atoms with E-state index in [-0.39, 0.29) is 6.61 Å². The SMILES string of the molecule is CC1CNCCN1NCCO. The van der Waals surface area contributed by atoms with Gasteiger partial charge in [-0.25, -0.2) is 5.01 Å². The molecule has 1 atom stereocenters. The lowest BCUT2D eigenvalue weighted by molar-refractivity contribution is 0.0969. The van der Waals surface area contributed by atoms with Gasteiger partial charge >= 0.3 is 0 Å². The van der Waals surface area contributed by atoms with Crippen molar-refractivity contribution < 1.29 is 5.11 Å². The molecule has 1 aliphatic heterocycles. The molecule has 0 aromatic rings. The molecule has 0 amide bonds. The molecule has 66 valence electrons. The van der Waals surface area contributed by atoms with Crippen LogP contribution < -0.4 is 10.7 Å².